The van der Waals surface area contributed by atoms with Crippen LogP contribution in [0.5, 0.6) is 0 Å². The summed E-state index contributed by atoms with van der Waals surface area (Å²) in [4.78, 5) is 15.3. The Balaban J connectivity index is 5.01. The zero-order valence-electron chi connectivity index (χ0n) is 40.1. The Hall–Kier alpha value is -0.640. The van der Waals surface area contributed by atoms with Crippen molar-refractivity contribution < 1.29 is 0 Å². The lowest BCUT2D eigenvalue weighted by molar-refractivity contribution is 0.235. The topological polar surface area (TPSA) is 210 Å². The molecule has 0 atom stereocenters. The molecular weight excluding hydrogens is 753 g/mol. The summed E-state index contributed by atoms with van der Waals surface area (Å²) in [6.45, 7) is 30.0. The second-order valence-corrected chi connectivity index (χ2v) is 16.8. The van der Waals surface area contributed by atoms with Gasteiger partial charge in [0.15, 0.2) is 0 Å². The molecule has 0 saturated heterocycles. The van der Waals surface area contributed by atoms with Gasteiger partial charge in [-0.3, -0.25) is 4.90 Å². The molecule has 0 spiro atoms. The Morgan fingerprint density at radius 1 is 0.267 bits per heavy atom. The highest BCUT2D eigenvalue weighted by Gasteiger charge is 2.10. The van der Waals surface area contributed by atoms with Gasteiger partial charge in [0.05, 0.1) is 0 Å². The highest BCUT2D eigenvalue weighted by atomic mass is 15.2. The molecule has 0 radical (unpaired) electrons. The SMILES string of the molecule is CNCCCCCN(CCN)CCCCCN(CCCCN(C)CCN)CCNCCN(CCCCCN(CCN)CCN)CCNCCN(CCNC)CCNCCN. The van der Waals surface area contributed by atoms with E-state index in [2.05, 4.69) is 63.0 Å². The molecule has 362 valence electrons. The lowest BCUT2D eigenvalue weighted by Crippen LogP contribution is -2.42. The van der Waals surface area contributed by atoms with Crippen molar-refractivity contribution in [3.05, 3.63) is 0 Å². The predicted molar refractivity (Wildman–Crippen MR) is 262 cm³/mol. The number of hydrogen-bond acceptors (Lipinski definition) is 16. The number of likely N-dealkylation sites (N-methyl/N-ethyl adjacent to an activating group) is 2. The minimum atomic E-state index is 0.687. The number of nitrogens with two attached hydrogens (primary N) is 5. The lowest BCUT2D eigenvalue weighted by atomic mass is 10.2. The van der Waals surface area contributed by atoms with Crippen LogP contribution < -0.4 is 55.3 Å². The molecule has 0 aliphatic carbocycles. The lowest BCUT2D eigenvalue weighted by Gasteiger charge is -2.26. The van der Waals surface area contributed by atoms with Gasteiger partial charge in [-0.2, -0.15) is 0 Å². The monoisotopic (exact) mass is 859 g/mol. The molecule has 60 heavy (non-hydrogen) atoms. The molecule has 0 unspecified atom stereocenters. The van der Waals surface area contributed by atoms with E-state index in [0.717, 1.165) is 151 Å². The van der Waals surface area contributed by atoms with Crippen molar-refractivity contribution in [2.75, 3.05) is 217 Å². The van der Waals surface area contributed by atoms with E-state index in [1.165, 1.54) is 96.8 Å². The van der Waals surface area contributed by atoms with Gasteiger partial charge in [0.25, 0.3) is 0 Å². The van der Waals surface area contributed by atoms with Crippen LogP contribution in [-0.4, -0.2) is 247 Å². The van der Waals surface area contributed by atoms with Gasteiger partial charge in [0.2, 0.25) is 0 Å². The fraction of sp³-hybridized carbons (Fsp3) is 1.00. The predicted octanol–water partition coefficient (Wildman–Crippen LogP) is -1.28. The van der Waals surface area contributed by atoms with Gasteiger partial charge in [-0.1, -0.05) is 19.3 Å². The molecule has 0 saturated carbocycles. The quantitative estimate of drug-likeness (QED) is 0.0323. The number of rotatable bonds is 51. The fourth-order valence-corrected chi connectivity index (χ4v) is 7.72. The highest BCUT2D eigenvalue weighted by molar-refractivity contribution is 4.69. The number of nitrogens with zero attached hydrogens (tertiary/aromatic N) is 6. The minimum Gasteiger partial charge on any atom is -0.329 e. The standard InChI is InChI=1S/C44H106N16/c1-50-20-7-4-8-29-56(36-17-47)30-9-5-10-31-57(34-14-13-28-55(3)35-16-46)40-24-53-25-41-59(33-12-6-11-32-58(37-18-48)38-19-49)42-26-54-27-44-60(39-22-51-2)43-23-52-21-15-45/h50-54H,4-49H2,1-3H3. The summed E-state index contributed by atoms with van der Waals surface area (Å²) >= 11 is 0. The van der Waals surface area contributed by atoms with Crippen molar-refractivity contribution in [1.29, 1.82) is 0 Å². The summed E-state index contributed by atoms with van der Waals surface area (Å²) in [5.41, 5.74) is 29.1. The number of unbranched alkanes of at least 4 members (excludes halogenated alkanes) is 7. The van der Waals surface area contributed by atoms with Crippen molar-refractivity contribution >= 4 is 0 Å². The molecule has 16 nitrogen and oxygen atoms in total. The average Bonchev–Trinajstić information content (AvgIpc) is 3.24. The minimum absolute atomic E-state index is 0.687. The first-order valence-electron chi connectivity index (χ1n) is 24.7. The molecule has 0 amide bonds. The second kappa shape index (κ2) is 47.8. The molecule has 0 bridgehead atoms. The van der Waals surface area contributed by atoms with E-state index in [1.807, 2.05) is 14.1 Å². The van der Waals surface area contributed by atoms with E-state index >= 15 is 0 Å². The van der Waals surface area contributed by atoms with Crippen LogP contribution in [0.2, 0.25) is 0 Å². The van der Waals surface area contributed by atoms with Gasteiger partial charge in [0.1, 0.15) is 0 Å². The molecule has 0 rings (SSSR count). The molecule has 15 N–H and O–H groups in total. The maximum atomic E-state index is 5.97. The summed E-state index contributed by atoms with van der Waals surface area (Å²) in [5, 5.41) is 17.6. The largest absolute Gasteiger partial charge is 0.329 e. The van der Waals surface area contributed by atoms with Crippen molar-refractivity contribution in [2.24, 2.45) is 28.7 Å². The molecule has 0 aromatic rings. The molecule has 0 aliphatic heterocycles. The highest BCUT2D eigenvalue weighted by Crippen LogP contribution is 2.06. The van der Waals surface area contributed by atoms with Crippen molar-refractivity contribution in [1.82, 2.24) is 56.0 Å². The molecule has 16 heteroatoms. The van der Waals surface area contributed by atoms with E-state index in [4.69, 9.17) is 28.7 Å². The Labute approximate surface area is 371 Å². The zero-order chi connectivity index (χ0) is 44.0. The molecule has 0 aliphatic rings. The Morgan fingerprint density at radius 2 is 0.567 bits per heavy atom. The Kier molecular flexibility index (Phi) is 47.3. The molecule has 0 aromatic carbocycles. The van der Waals surface area contributed by atoms with Crippen molar-refractivity contribution in [3.8, 4) is 0 Å². The Bertz CT molecular complexity index is 812. The average molecular weight is 859 g/mol. The van der Waals surface area contributed by atoms with Gasteiger partial charge < -0.3 is 79.8 Å². The van der Waals surface area contributed by atoms with E-state index in [9.17, 15) is 0 Å². The summed E-state index contributed by atoms with van der Waals surface area (Å²) < 4.78 is 0. The fourth-order valence-electron chi connectivity index (χ4n) is 7.72. The molecule has 0 aromatic heterocycles. The van der Waals surface area contributed by atoms with Gasteiger partial charge in [0, 0.05) is 144 Å². The number of hydrogen-bond donors (Lipinski definition) is 10. The van der Waals surface area contributed by atoms with E-state index in [-0.39, 0.29) is 0 Å². The van der Waals surface area contributed by atoms with Crippen LogP contribution in [0, 0.1) is 0 Å². The van der Waals surface area contributed by atoms with Crippen molar-refractivity contribution in [3.63, 3.8) is 0 Å². The van der Waals surface area contributed by atoms with E-state index < -0.39 is 0 Å². The maximum absolute atomic E-state index is 5.97. The smallest absolute Gasteiger partial charge is 0.0108 e. The zero-order valence-corrected chi connectivity index (χ0v) is 40.1. The van der Waals surface area contributed by atoms with Gasteiger partial charge in [-0.05, 0) is 125 Å². The first kappa shape index (κ1) is 59.4. The summed E-state index contributed by atoms with van der Waals surface area (Å²) in [5.74, 6) is 0. The normalized spacial score (nSPS) is 12.3. The van der Waals surface area contributed by atoms with Crippen LogP contribution in [-0.2, 0) is 0 Å². The van der Waals surface area contributed by atoms with E-state index in [1.54, 1.807) is 0 Å². The van der Waals surface area contributed by atoms with Crippen molar-refractivity contribution in [2.45, 2.75) is 70.6 Å². The summed E-state index contributed by atoms with van der Waals surface area (Å²) in [7, 11) is 6.26. The summed E-state index contributed by atoms with van der Waals surface area (Å²) in [6.07, 6.45) is 13.8. The van der Waals surface area contributed by atoms with Crippen LogP contribution >= 0.6 is 0 Å². The van der Waals surface area contributed by atoms with Gasteiger partial charge in [-0.25, -0.2) is 0 Å². The van der Waals surface area contributed by atoms with Crippen LogP contribution in [0.25, 0.3) is 0 Å². The molecule has 0 heterocycles. The van der Waals surface area contributed by atoms with Crippen LogP contribution in [0.3, 0.4) is 0 Å². The van der Waals surface area contributed by atoms with Crippen LogP contribution in [0.15, 0.2) is 0 Å². The second-order valence-electron chi connectivity index (χ2n) is 16.8. The first-order chi connectivity index (χ1) is 29.5. The molecular formula is C44H106N16. The first-order valence-corrected chi connectivity index (χ1v) is 24.7. The van der Waals surface area contributed by atoms with Crippen LogP contribution in [0.4, 0.5) is 0 Å². The third kappa shape index (κ3) is 40.2. The number of nitrogens with one attached hydrogen (secondary N) is 5. The maximum Gasteiger partial charge on any atom is 0.0108 e. The van der Waals surface area contributed by atoms with Gasteiger partial charge >= 0.3 is 0 Å². The molecule has 0 fully saturated rings. The van der Waals surface area contributed by atoms with Gasteiger partial charge in [-0.15, -0.1) is 0 Å². The summed E-state index contributed by atoms with van der Waals surface area (Å²) in [6, 6.07) is 0. The third-order valence-electron chi connectivity index (χ3n) is 11.4. The van der Waals surface area contributed by atoms with Crippen LogP contribution in [0.1, 0.15) is 70.6 Å². The Morgan fingerprint density at radius 3 is 0.967 bits per heavy atom. The van der Waals surface area contributed by atoms with E-state index in [0.29, 0.717) is 19.6 Å². The third-order valence-corrected chi connectivity index (χ3v) is 11.4.